The van der Waals surface area contributed by atoms with E-state index in [0.29, 0.717) is 48.7 Å². The monoisotopic (exact) mass is 411 g/mol. The number of carbonyl (C=O) groups excluding carboxylic acids is 1. The number of ether oxygens (including phenoxy) is 2. The number of aliphatic hydroxyl groups is 1. The van der Waals surface area contributed by atoms with Gasteiger partial charge in [0.1, 0.15) is 12.4 Å². The van der Waals surface area contributed by atoms with Crippen molar-refractivity contribution in [1.82, 2.24) is 20.5 Å². The van der Waals surface area contributed by atoms with Gasteiger partial charge in [-0.2, -0.15) is 0 Å². The van der Waals surface area contributed by atoms with Gasteiger partial charge in [-0.15, -0.1) is 5.10 Å². The number of hydrogen-bond donors (Lipinski definition) is 4. The molecule has 1 aromatic carbocycles. The molecule has 1 atom stereocenters. The van der Waals surface area contributed by atoms with Crippen LogP contribution >= 0.6 is 0 Å². The number of benzene rings is 1. The van der Waals surface area contributed by atoms with E-state index in [4.69, 9.17) is 9.47 Å². The van der Waals surface area contributed by atoms with Gasteiger partial charge in [-0.3, -0.25) is 10.4 Å². The molecule has 0 aliphatic heterocycles. The second kappa shape index (κ2) is 8.68. The molecule has 30 heavy (non-hydrogen) atoms. The van der Waals surface area contributed by atoms with E-state index in [9.17, 15) is 9.90 Å². The molecule has 1 aliphatic carbocycles. The van der Waals surface area contributed by atoms with E-state index < -0.39 is 17.7 Å². The number of aromatic nitrogens is 3. The summed E-state index contributed by atoms with van der Waals surface area (Å²) in [7, 11) is 1.60. The third-order valence-electron chi connectivity index (χ3n) is 5.35. The lowest BCUT2D eigenvalue weighted by molar-refractivity contribution is -0.0627. The first-order valence-electron chi connectivity index (χ1n) is 9.90. The van der Waals surface area contributed by atoms with Gasteiger partial charge in [0, 0.05) is 19.4 Å². The lowest BCUT2D eigenvalue weighted by atomic mass is 9.72. The molecule has 1 fully saturated rings. The molecule has 9 nitrogen and oxygen atoms in total. The van der Waals surface area contributed by atoms with E-state index in [1.54, 1.807) is 19.4 Å². The number of methoxy groups -OCH3 is 1. The molecule has 2 amide bonds. The van der Waals surface area contributed by atoms with Crippen LogP contribution in [0.4, 0.5) is 10.6 Å². The molecule has 2 heterocycles. The average Bonchev–Trinajstić information content (AvgIpc) is 3.13. The van der Waals surface area contributed by atoms with E-state index in [-0.39, 0.29) is 0 Å². The summed E-state index contributed by atoms with van der Waals surface area (Å²) in [6.45, 7) is 0.833. The maximum absolute atomic E-state index is 12.7. The van der Waals surface area contributed by atoms with Crippen molar-refractivity contribution >= 4 is 22.8 Å². The molecule has 158 valence electrons. The smallest absolute Gasteiger partial charge is 0.320 e. The molecular weight excluding hydrogens is 386 g/mol. The van der Waals surface area contributed by atoms with Crippen LogP contribution in [0.5, 0.6) is 5.88 Å². The van der Waals surface area contributed by atoms with Crippen LogP contribution in [0.3, 0.4) is 0 Å². The number of H-pyrrole nitrogens is 1. The van der Waals surface area contributed by atoms with Crippen molar-refractivity contribution in [1.29, 1.82) is 0 Å². The van der Waals surface area contributed by atoms with Crippen molar-refractivity contribution in [2.75, 3.05) is 25.6 Å². The summed E-state index contributed by atoms with van der Waals surface area (Å²) in [5.41, 5.74) is 0.614. The molecule has 0 saturated heterocycles. The van der Waals surface area contributed by atoms with Crippen molar-refractivity contribution in [3.63, 3.8) is 0 Å². The fourth-order valence-electron chi connectivity index (χ4n) is 3.57. The molecule has 4 N–H and O–H groups in total. The van der Waals surface area contributed by atoms with E-state index in [0.717, 1.165) is 12.0 Å². The average molecular weight is 411 g/mol. The molecule has 9 heteroatoms. The number of nitrogens with zero attached hydrogens (tertiary/aromatic N) is 2. The number of urea groups is 1. The Morgan fingerprint density at radius 2 is 2.10 bits per heavy atom. The fraction of sp³-hybridized carbons (Fsp3) is 0.381. The number of hydrogen-bond acceptors (Lipinski definition) is 6. The molecule has 0 spiro atoms. The minimum atomic E-state index is -0.937. The first kappa shape index (κ1) is 20.1. The number of anilines is 1. The zero-order valence-electron chi connectivity index (χ0n) is 16.7. The zero-order chi connectivity index (χ0) is 21.0. The molecule has 2 aromatic heterocycles. The van der Waals surface area contributed by atoms with Gasteiger partial charge in [0.25, 0.3) is 0 Å². The summed E-state index contributed by atoms with van der Waals surface area (Å²) in [5.74, 6) is 0.793. The van der Waals surface area contributed by atoms with Crippen LogP contribution in [-0.2, 0) is 4.74 Å². The fourth-order valence-corrected chi connectivity index (χ4v) is 3.57. The summed E-state index contributed by atoms with van der Waals surface area (Å²) < 4.78 is 10.5. The standard InChI is InChI=1S/C21H25N5O4/c1-29-10-11-30-19-15-13-22-17(12-16(15)25-26-19)23-20(27)24-18(21(28)8-5-9-21)14-6-3-2-4-7-14/h2-4,6-7,12-13,18,28H,5,8-11H2,1H3,(H,25,26)(H2,22,23,24,27). The third-order valence-corrected chi connectivity index (χ3v) is 5.35. The Morgan fingerprint density at radius 3 is 2.80 bits per heavy atom. The highest BCUT2D eigenvalue weighted by molar-refractivity contribution is 5.92. The van der Waals surface area contributed by atoms with Crippen LogP contribution in [0.2, 0.25) is 0 Å². The maximum Gasteiger partial charge on any atom is 0.320 e. The Morgan fingerprint density at radius 1 is 1.30 bits per heavy atom. The zero-order valence-corrected chi connectivity index (χ0v) is 16.7. The molecule has 0 bridgehead atoms. The molecule has 3 aromatic rings. The van der Waals surface area contributed by atoms with Gasteiger partial charge in [-0.1, -0.05) is 30.3 Å². The van der Waals surface area contributed by atoms with Crippen molar-refractivity contribution in [2.45, 2.75) is 30.9 Å². The first-order chi connectivity index (χ1) is 14.6. The number of fused-ring (bicyclic) bond motifs is 1. The summed E-state index contributed by atoms with van der Waals surface area (Å²) >= 11 is 0. The SMILES string of the molecule is COCCOc1n[nH]c2cc(NC(=O)NC(c3ccccc3)C3(O)CCC3)ncc12. The van der Waals surface area contributed by atoms with Gasteiger partial charge in [-0.25, -0.2) is 9.78 Å². The lowest BCUT2D eigenvalue weighted by Gasteiger charge is -2.43. The van der Waals surface area contributed by atoms with E-state index in [1.165, 1.54) is 0 Å². The minimum absolute atomic E-state index is 0.361. The van der Waals surface area contributed by atoms with Gasteiger partial charge >= 0.3 is 6.03 Å². The summed E-state index contributed by atoms with van der Waals surface area (Å²) in [6, 6.07) is 10.2. The topological polar surface area (TPSA) is 121 Å². The second-order valence-corrected chi connectivity index (χ2v) is 7.38. The van der Waals surface area contributed by atoms with Crippen LogP contribution in [0.25, 0.3) is 10.9 Å². The number of amides is 2. The minimum Gasteiger partial charge on any atom is -0.474 e. The van der Waals surface area contributed by atoms with Crippen LogP contribution in [-0.4, -0.2) is 52.2 Å². The van der Waals surface area contributed by atoms with Crippen molar-refractivity contribution in [2.24, 2.45) is 0 Å². The maximum atomic E-state index is 12.7. The Balaban J connectivity index is 1.45. The van der Waals surface area contributed by atoms with Crippen molar-refractivity contribution in [3.05, 3.63) is 48.2 Å². The Kier molecular flexibility index (Phi) is 5.82. The highest BCUT2D eigenvalue weighted by atomic mass is 16.5. The largest absolute Gasteiger partial charge is 0.474 e. The summed E-state index contributed by atoms with van der Waals surface area (Å²) in [6.07, 6.45) is 3.83. The normalized spacial score (nSPS) is 15.9. The van der Waals surface area contributed by atoms with Crippen molar-refractivity contribution in [3.8, 4) is 5.88 Å². The Bertz CT molecular complexity index is 1000. The van der Waals surface area contributed by atoms with E-state index >= 15 is 0 Å². The van der Waals surface area contributed by atoms with Crippen LogP contribution < -0.4 is 15.4 Å². The van der Waals surface area contributed by atoms with Crippen LogP contribution in [0, 0.1) is 0 Å². The summed E-state index contributed by atoms with van der Waals surface area (Å²) in [4.78, 5) is 16.9. The van der Waals surface area contributed by atoms with Gasteiger partial charge in [0.2, 0.25) is 5.88 Å². The number of carbonyl (C=O) groups is 1. The van der Waals surface area contributed by atoms with E-state index in [1.807, 2.05) is 30.3 Å². The van der Waals surface area contributed by atoms with Gasteiger partial charge in [0.15, 0.2) is 0 Å². The lowest BCUT2D eigenvalue weighted by Crippen LogP contribution is -2.51. The van der Waals surface area contributed by atoms with Crippen LogP contribution in [0.15, 0.2) is 42.6 Å². The molecule has 0 radical (unpaired) electrons. The van der Waals surface area contributed by atoms with Crippen molar-refractivity contribution < 1.29 is 19.4 Å². The molecule has 1 saturated carbocycles. The predicted octanol–water partition coefficient (Wildman–Crippen LogP) is 2.76. The van der Waals surface area contributed by atoms with Crippen LogP contribution in [0.1, 0.15) is 30.9 Å². The molecule has 4 rings (SSSR count). The number of nitrogens with one attached hydrogen (secondary N) is 3. The Hall–Kier alpha value is -3.17. The number of pyridine rings is 1. The Labute approximate surface area is 173 Å². The predicted molar refractivity (Wildman–Crippen MR) is 111 cm³/mol. The van der Waals surface area contributed by atoms with Gasteiger partial charge < -0.3 is 19.9 Å². The second-order valence-electron chi connectivity index (χ2n) is 7.38. The highest BCUT2D eigenvalue weighted by Gasteiger charge is 2.43. The van der Waals surface area contributed by atoms with Gasteiger partial charge in [0.05, 0.1) is 29.2 Å². The molecule has 1 unspecified atom stereocenters. The third kappa shape index (κ3) is 4.22. The first-order valence-corrected chi connectivity index (χ1v) is 9.90. The van der Waals surface area contributed by atoms with Gasteiger partial charge in [-0.05, 0) is 24.8 Å². The van der Waals surface area contributed by atoms with E-state index in [2.05, 4.69) is 25.8 Å². The quantitative estimate of drug-likeness (QED) is 0.423. The summed E-state index contributed by atoms with van der Waals surface area (Å²) in [5, 5.41) is 24.2. The molecular formula is C21H25N5O4. The number of aromatic amines is 1. The molecule has 1 aliphatic rings. The number of rotatable bonds is 8. The highest BCUT2D eigenvalue weighted by Crippen LogP contribution is 2.42.